The molecule has 0 aliphatic carbocycles. The number of aromatic nitrogens is 1. The number of carbonyl (C=O) groups excluding carboxylic acids is 1. The summed E-state index contributed by atoms with van der Waals surface area (Å²) in [6.07, 6.45) is 1.02. The number of aliphatic hydroxyl groups excluding tert-OH is 1. The van der Waals surface area contributed by atoms with Crippen molar-refractivity contribution in [3.8, 4) is 0 Å². The molecule has 23 heavy (non-hydrogen) atoms. The number of fused-ring (bicyclic) bond motifs is 1. The van der Waals surface area contributed by atoms with Gasteiger partial charge in [0, 0.05) is 36.7 Å². The van der Waals surface area contributed by atoms with Gasteiger partial charge >= 0.3 is 6.16 Å². The molecule has 1 aromatic heterocycles. The van der Waals surface area contributed by atoms with Crippen LogP contribution in [0.5, 0.6) is 0 Å². The molecule has 6 nitrogen and oxygen atoms in total. The van der Waals surface area contributed by atoms with Crippen molar-refractivity contribution in [1.29, 1.82) is 0 Å². The molecule has 2 N–H and O–H groups in total. The number of H-pyrrole nitrogens is 1. The summed E-state index contributed by atoms with van der Waals surface area (Å²) in [5, 5.41) is 11.3. The van der Waals surface area contributed by atoms with E-state index in [4.69, 9.17) is 9.47 Å². The molecule has 0 saturated carbocycles. The Morgan fingerprint density at radius 2 is 2.22 bits per heavy atom. The molecule has 0 amide bonds. The summed E-state index contributed by atoms with van der Waals surface area (Å²) in [6.45, 7) is 3.84. The van der Waals surface area contributed by atoms with E-state index in [1.54, 1.807) is 6.92 Å². The number of aromatic amines is 1. The maximum atomic E-state index is 11.4. The van der Waals surface area contributed by atoms with Crippen LogP contribution < -0.4 is 0 Å². The minimum absolute atomic E-state index is 0.270. The Labute approximate surface area is 135 Å². The van der Waals surface area contributed by atoms with Crippen LogP contribution in [0.15, 0.2) is 30.5 Å². The second-order valence-corrected chi connectivity index (χ2v) is 5.78. The molecule has 6 heteroatoms. The number of nitrogens with zero attached hydrogens (tertiary/aromatic N) is 1. The average molecular weight is 318 g/mol. The van der Waals surface area contributed by atoms with Gasteiger partial charge in [-0.3, -0.25) is 4.90 Å². The van der Waals surface area contributed by atoms with Crippen molar-refractivity contribution in [1.82, 2.24) is 9.88 Å². The normalized spacial score (nSPS) is 21.7. The highest BCUT2D eigenvalue weighted by molar-refractivity contribution is 5.83. The van der Waals surface area contributed by atoms with E-state index in [9.17, 15) is 9.90 Å². The molecule has 1 aliphatic rings. The van der Waals surface area contributed by atoms with Gasteiger partial charge in [-0.1, -0.05) is 18.2 Å². The summed E-state index contributed by atoms with van der Waals surface area (Å²) >= 11 is 0. The highest BCUT2D eigenvalue weighted by atomic mass is 16.7. The van der Waals surface area contributed by atoms with E-state index in [0.29, 0.717) is 13.1 Å². The number of hydrogen-bond acceptors (Lipinski definition) is 5. The molecule has 1 saturated heterocycles. The molecule has 124 valence electrons. The number of β-amino-alcohol motifs (C(OH)–C–C–N with tert-alkyl or cyclic N) is 1. The first-order valence-electron chi connectivity index (χ1n) is 7.96. The minimum Gasteiger partial charge on any atom is -0.435 e. The fourth-order valence-electron chi connectivity index (χ4n) is 3.02. The molecular formula is C17H22N2O4. The maximum Gasteiger partial charge on any atom is 0.508 e. The standard InChI is InChI=1S/C17H22N2O4/c1-2-22-17(21)23-16-11-19(10-15(16)20)8-7-12-9-18-14-6-4-3-5-13(12)14/h3-6,9,15-16,18,20H,2,7-8,10-11H2,1H3/t15-,16+/m1/s1. The Morgan fingerprint density at radius 3 is 3.04 bits per heavy atom. The van der Waals surface area contributed by atoms with Crippen LogP contribution in [0.1, 0.15) is 12.5 Å². The Kier molecular flexibility index (Phi) is 4.83. The van der Waals surface area contributed by atoms with Gasteiger partial charge in [0.2, 0.25) is 0 Å². The zero-order chi connectivity index (χ0) is 16.2. The topological polar surface area (TPSA) is 74.8 Å². The van der Waals surface area contributed by atoms with Crippen LogP contribution in [0.3, 0.4) is 0 Å². The lowest BCUT2D eigenvalue weighted by Crippen LogP contribution is -2.30. The quantitative estimate of drug-likeness (QED) is 0.824. The predicted octanol–water partition coefficient (Wildman–Crippen LogP) is 1.93. The van der Waals surface area contributed by atoms with E-state index in [0.717, 1.165) is 18.5 Å². The number of nitrogens with one attached hydrogen (secondary N) is 1. The van der Waals surface area contributed by atoms with E-state index in [1.165, 1.54) is 10.9 Å². The summed E-state index contributed by atoms with van der Waals surface area (Å²) in [7, 11) is 0. The van der Waals surface area contributed by atoms with Crippen molar-refractivity contribution in [3.05, 3.63) is 36.0 Å². The number of likely N-dealkylation sites (tertiary alicyclic amines) is 1. The molecule has 1 aromatic carbocycles. The Morgan fingerprint density at radius 1 is 1.39 bits per heavy atom. The average Bonchev–Trinajstić information content (AvgIpc) is 3.09. The van der Waals surface area contributed by atoms with Crippen molar-refractivity contribution in [2.24, 2.45) is 0 Å². The lowest BCUT2D eigenvalue weighted by atomic mass is 10.1. The van der Waals surface area contributed by atoms with Gasteiger partial charge in [-0.15, -0.1) is 0 Å². The number of ether oxygens (including phenoxy) is 2. The van der Waals surface area contributed by atoms with Crippen LogP contribution in [-0.2, 0) is 15.9 Å². The van der Waals surface area contributed by atoms with E-state index in [2.05, 4.69) is 22.0 Å². The fraction of sp³-hybridized carbons (Fsp3) is 0.471. The summed E-state index contributed by atoms with van der Waals surface area (Å²) in [6, 6.07) is 8.20. The monoisotopic (exact) mass is 318 g/mol. The first kappa shape index (κ1) is 15.8. The zero-order valence-electron chi connectivity index (χ0n) is 13.2. The molecule has 1 aliphatic heterocycles. The smallest absolute Gasteiger partial charge is 0.435 e. The maximum absolute atomic E-state index is 11.4. The largest absolute Gasteiger partial charge is 0.508 e. The van der Waals surface area contributed by atoms with Crippen molar-refractivity contribution >= 4 is 17.1 Å². The van der Waals surface area contributed by atoms with E-state index in [-0.39, 0.29) is 6.61 Å². The van der Waals surface area contributed by atoms with Crippen LogP contribution in [0.4, 0.5) is 4.79 Å². The van der Waals surface area contributed by atoms with Crippen molar-refractivity contribution in [3.63, 3.8) is 0 Å². The summed E-state index contributed by atoms with van der Waals surface area (Å²) in [4.78, 5) is 16.7. The summed E-state index contributed by atoms with van der Waals surface area (Å²) in [5.41, 5.74) is 2.39. The van der Waals surface area contributed by atoms with Gasteiger partial charge in [-0.2, -0.15) is 0 Å². The number of hydrogen-bond donors (Lipinski definition) is 2. The third kappa shape index (κ3) is 3.65. The van der Waals surface area contributed by atoms with Crippen LogP contribution >= 0.6 is 0 Å². The SMILES string of the molecule is CCOC(=O)O[C@H]1CN(CCc2c[nH]c3ccccc23)C[C@H]1O. The summed E-state index contributed by atoms with van der Waals surface area (Å²) in [5.74, 6) is 0. The molecule has 0 bridgehead atoms. The second kappa shape index (κ2) is 7.02. The van der Waals surface area contributed by atoms with Crippen molar-refractivity contribution in [2.75, 3.05) is 26.2 Å². The highest BCUT2D eigenvalue weighted by Gasteiger charge is 2.34. The fourth-order valence-corrected chi connectivity index (χ4v) is 3.02. The summed E-state index contributed by atoms with van der Waals surface area (Å²) < 4.78 is 9.90. The molecule has 0 unspecified atom stereocenters. The molecule has 0 radical (unpaired) electrons. The molecule has 1 fully saturated rings. The van der Waals surface area contributed by atoms with Crippen LogP contribution in [0.2, 0.25) is 0 Å². The van der Waals surface area contributed by atoms with Gasteiger partial charge in [-0.05, 0) is 25.0 Å². The van der Waals surface area contributed by atoms with E-state index in [1.807, 2.05) is 18.3 Å². The van der Waals surface area contributed by atoms with Crippen molar-refractivity contribution < 1.29 is 19.4 Å². The van der Waals surface area contributed by atoms with Crippen molar-refractivity contribution in [2.45, 2.75) is 25.6 Å². The molecule has 0 spiro atoms. The number of rotatable bonds is 5. The Balaban J connectivity index is 1.54. The lowest BCUT2D eigenvalue weighted by molar-refractivity contribution is -0.00890. The van der Waals surface area contributed by atoms with Gasteiger partial charge in [0.25, 0.3) is 0 Å². The first-order valence-corrected chi connectivity index (χ1v) is 7.96. The second-order valence-electron chi connectivity index (χ2n) is 5.78. The molecule has 2 heterocycles. The number of para-hydroxylation sites is 1. The number of benzene rings is 1. The number of carbonyl (C=O) groups is 1. The van der Waals surface area contributed by atoms with E-state index >= 15 is 0 Å². The molecule has 3 rings (SSSR count). The Hall–Kier alpha value is -2.05. The van der Waals surface area contributed by atoms with Crippen LogP contribution in [-0.4, -0.2) is 59.6 Å². The Bertz CT molecular complexity index is 669. The molecular weight excluding hydrogens is 296 g/mol. The van der Waals surface area contributed by atoms with Crippen LogP contribution in [0.25, 0.3) is 10.9 Å². The van der Waals surface area contributed by atoms with Gasteiger partial charge in [0.1, 0.15) is 12.2 Å². The number of aliphatic hydroxyl groups is 1. The van der Waals surface area contributed by atoms with Gasteiger partial charge in [0.05, 0.1) is 6.61 Å². The van der Waals surface area contributed by atoms with Gasteiger partial charge in [-0.25, -0.2) is 4.79 Å². The van der Waals surface area contributed by atoms with Crippen LogP contribution in [0, 0.1) is 0 Å². The third-order valence-corrected chi connectivity index (χ3v) is 4.19. The molecule has 2 aromatic rings. The lowest BCUT2D eigenvalue weighted by Gasteiger charge is -2.15. The predicted molar refractivity (Wildman–Crippen MR) is 86.3 cm³/mol. The highest BCUT2D eigenvalue weighted by Crippen LogP contribution is 2.20. The minimum atomic E-state index is -0.713. The first-order chi connectivity index (χ1) is 11.2. The van der Waals surface area contributed by atoms with E-state index < -0.39 is 18.4 Å². The third-order valence-electron chi connectivity index (χ3n) is 4.19. The van der Waals surface area contributed by atoms with Gasteiger partial charge < -0.3 is 19.6 Å². The molecule has 2 atom stereocenters. The van der Waals surface area contributed by atoms with Gasteiger partial charge in [0.15, 0.2) is 0 Å². The zero-order valence-corrected chi connectivity index (χ0v) is 13.2.